The summed E-state index contributed by atoms with van der Waals surface area (Å²) < 4.78 is 31.5. The van der Waals surface area contributed by atoms with Crippen molar-refractivity contribution in [2.75, 3.05) is 16.8 Å². The van der Waals surface area contributed by atoms with Gasteiger partial charge in [0.1, 0.15) is 29.4 Å². The van der Waals surface area contributed by atoms with Gasteiger partial charge in [-0.2, -0.15) is 5.26 Å². The molecule has 2 heterocycles. The van der Waals surface area contributed by atoms with E-state index in [4.69, 9.17) is 10.00 Å². The van der Waals surface area contributed by atoms with E-state index in [1.54, 1.807) is 6.07 Å². The molecule has 132 valence electrons. The molecule has 0 aliphatic carbocycles. The molecule has 1 aliphatic heterocycles. The number of aromatic nitrogens is 2. The molecule has 0 bridgehead atoms. The van der Waals surface area contributed by atoms with E-state index < -0.39 is 29.7 Å². The van der Waals surface area contributed by atoms with Crippen molar-refractivity contribution < 1.29 is 23.1 Å². The van der Waals surface area contributed by atoms with Crippen molar-refractivity contribution in [1.82, 2.24) is 9.97 Å². The Labute approximate surface area is 146 Å². The molecule has 3 rings (SSSR count). The van der Waals surface area contributed by atoms with E-state index in [1.165, 1.54) is 12.3 Å². The van der Waals surface area contributed by atoms with Crippen LogP contribution in [0.2, 0.25) is 0 Å². The van der Waals surface area contributed by atoms with Gasteiger partial charge >= 0.3 is 6.09 Å². The summed E-state index contributed by atoms with van der Waals surface area (Å²) >= 11 is 0. The van der Waals surface area contributed by atoms with Crippen molar-refractivity contribution in [3.05, 3.63) is 47.8 Å². The summed E-state index contributed by atoms with van der Waals surface area (Å²) in [7, 11) is 0. The van der Waals surface area contributed by atoms with Gasteiger partial charge in [0, 0.05) is 24.4 Å². The molecule has 0 radical (unpaired) electrons. The minimum Gasteiger partial charge on any atom is -0.449 e. The van der Waals surface area contributed by atoms with Crippen LogP contribution in [-0.4, -0.2) is 34.6 Å². The molecule has 0 saturated carbocycles. The monoisotopic (exact) mass is 359 g/mol. The molecule has 26 heavy (non-hydrogen) atoms. The first kappa shape index (κ1) is 17.2. The van der Waals surface area contributed by atoms with Crippen molar-refractivity contribution in [1.29, 1.82) is 5.26 Å². The van der Waals surface area contributed by atoms with E-state index in [0.717, 1.165) is 17.0 Å². The standard InChI is InChI=1S/C16H11F2N5O3/c17-9-5-10(18)7-12(6-9)21-14(24)13-2-4-26-16(25)23(13)15-20-3-1-11(8-19)22-15/h1,3,5-7,13H,2,4H2,(H,21,24). The Bertz CT molecular complexity index is 895. The maximum Gasteiger partial charge on any atom is 0.417 e. The second kappa shape index (κ2) is 7.10. The van der Waals surface area contributed by atoms with Crippen LogP contribution in [0.4, 0.5) is 25.2 Å². The largest absolute Gasteiger partial charge is 0.449 e. The Balaban J connectivity index is 1.89. The van der Waals surface area contributed by atoms with E-state index in [2.05, 4.69) is 15.3 Å². The van der Waals surface area contributed by atoms with Gasteiger partial charge in [-0.05, 0) is 18.2 Å². The zero-order chi connectivity index (χ0) is 18.7. The number of hydrogen-bond acceptors (Lipinski definition) is 6. The fraction of sp³-hybridized carbons (Fsp3) is 0.188. The van der Waals surface area contributed by atoms with Gasteiger partial charge in [-0.15, -0.1) is 0 Å². The van der Waals surface area contributed by atoms with Gasteiger partial charge in [0.25, 0.3) is 0 Å². The van der Waals surface area contributed by atoms with Gasteiger partial charge < -0.3 is 10.1 Å². The Morgan fingerprint density at radius 3 is 2.77 bits per heavy atom. The van der Waals surface area contributed by atoms with Crippen LogP contribution in [0.15, 0.2) is 30.5 Å². The number of benzene rings is 1. The highest BCUT2D eigenvalue weighted by Crippen LogP contribution is 2.22. The minimum atomic E-state index is -1.07. The Morgan fingerprint density at radius 1 is 1.35 bits per heavy atom. The van der Waals surface area contributed by atoms with Crippen molar-refractivity contribution in [2.24, 2.45) is 0 Å². The predicted molar refractivity (Wildman–Crippen MR) is 84.0 cm³/mol. The minimum absolute atomic E-state index is 0.000247. The number of ether oxygens (including phenoxy) is 1. The number of carbonyl (C=O) groups is 2. The molecule has 1 fully saturated rings. The molecule has 0 spiro atoms. The zero-order valence-electron chi connectivity index (χ0n) is 13.1. The number of hydrogen-bond donors (Lipinski definition) is 1. The number of anilines is 2. The van der Waals surface area contributed by atoms with Crippen LogP contribution >= 0.6 is 0 Å². The van der Waals surface area contributed by atoms with Crippen molar-refractivity contribution in [2.45, 2.75) is 12.5 Å². The fourth-order valence-electron chi connectivity index (χ4n) is 2.43. The van der Waals surface area contributed by atoms with Crippen LogP contribution in [0.25, 0.3) is 0 Å². The number of nitrogens with one attached hydrogen (secondary N) is 1. The number of carbonyl (C=O) groups excluding carboxylic acids is 2. The number of amides is 2. The third-order valence-electron chi connectivity index (χ3n) is 3.53. The smallest absolute Gasteiger partial charge is 0.417 e. The maximum atomic E-state index is 13.3. The summed E-state index contributed by atoms with van der Waals surface area (Å²) in [5.41, 5.74) is -0.0992. The van der Waals surface area contributed by atoms with Crippen LogP contribution < -0.4 is 10.2 Å². The lowest BCUT2D eigenvalue weighted by Gasteiger charge is -2.32. The van der Waals surface area contributed by atoms with Gasteiger partial charge in [-0.1, -0.05) is 0 Å². The molecule has 1 N–H and O–H groups in total. The number of nitrogens with zero attached hydrogens (tertiary/aromatic N) is 4. The normalized spacial score (nSPS) is 16.6. The second-order valence-electron chi connectivity index (χ2n) is 5.29. The van der Waals surface area contributed by atoms with E-state index in [0.29, 0.717) is 6.07 Å². The lowest BCUT2D eigenvalue weighted by molar-refractivity contribution is -0.118. The highest BCUT2D eigenvalue weighted by Gasteiger charge is 2.38. The second-order valence-corrected chi connectivity index (χ2v) is 5.29. The number of cyclic esters (lactones) is 1. The molecule has 8 nitrogen and oxygen atoms in total. The molecule has 1 saturated heterocycles. The molecule has 1 unspecified atom stereocenters. The summed E-state index contributed by atoms with van der Waals surface area (Å²) in [5, 5.41) is 11.3. The van der Waals surface area contributed by atoms with Crippen LogP contribution in [0, 0.1) is 23.0 Å². The molecule has 2 amide bonds. The first-order chi connectivity index (χ1) is 12.5. The maximum absolute atomic E-state index is 13.3. The average molecular weight is 359 g/mol. The van der Waals surface area contributed by atoms with Crippen LogP contribution in [0.3, 0.4) is 0 Å². The Morgan fingerprint density at radius 2 is 2.08 bits per heavy atom. The summed E-state index contributed by atoms with van der Waals surface area (Å²) in [4.78, 5) is 33.3. The Kier molecular flexibility index (Phi) is 4.70. The molecular formula is C16H11F2N5O3. The SMILES string of the molecule is N#Cc1ccnc(N2C(=O)OCCC2C(=O)Nc2cc(F)cc(F)c2)n1. The van der Waals surface area contributed by atoms with Crippen LogP contribution in [0.1, 0.15) is 12.1 Å². The van der Waals surface area contributed by atoms with Gasteiger partial charge in [-0.3, -0.25) is 4.79 Å². The van der Waals surface area contributed by atoms with Crippen LogP contribution in [0.5, 0.6) is 0 Å². The first-order valence-electron chi connectivity index (χ1n) is 7.44. The average Bonchev–Trinajstić information content (AvgIpc) is 2.60. The van der Waals surface area contributed by atoms with Gasteiger partial charge in [0.2, 0.25) is 11.9 Å². The summed E-state index contributed by atoms with van der Waals surface area (Å²) in [5.74, 6) is -2.59. The van der Waals surface area contributed by atoms with Gasteiger partial charge in [0.15, 0.2) is 0 Å². The van der Waals surface area contributed by atoms with Crippen molar-refractivity contribution >= 4 is 23.6 Å². The van der Waals surface area contributed by atoms with E-state index in [9.17, 15) is 18.4 Å². The number of halogens is 2. The van der Waals surface area contributed by atoms with E-state index in [1.807, 2.05) is 0 Å². The lowest BCUT2D eigenvalue weighted by Crippen LogP contribution is -2.52. The number of rotatable bonds is 3. The number of nitriles is 1. The third kappa shape index (κ3) is 3.56. The quantitative estimate of drug-likeness (QED) is 0.898. The predicted octanol–water partition coefficient (Wildman–Crippen LogP) is 1.98. The van der Waals surface area contributed by atoms with Crippen molar-refractivity contribution in [3.63, 3.8) is 0 Å². The molecule has 1 aromatic heterocycles. The first-order valence-corrected chi connectivity index (χ1v) is 7.44. The molecule has 2 aromatic rings. The van der Waals surface area contributed by atoms with E-state index in [-0.39, 0.29) is 30.4 Å². The van der Waals surface area contributed by atoms with Gasteiger partial charge in [-0.25, -0.2) is 28.4 Å². The summed E-state index contributed by atoms with van der Waals surface area (Å²) in [6.45, 7) is -0.0249. The molecule has 1 aromatic carbocycles. The molecule has 1 aliphatic rings. The molecule has 1 atom stereocenters. The zero-order valence-corrected chi connectivity index (χ0v) is 13.1. The third-order valence-corrected chi connectivity index (χ3v) is 3.53. The highest BCUT2D eigenvalue weighted by atomic mass is 19.1. The fourth-order valence-corrected chi connectivity index (χ4v) is 2.43. The van der Waals surface area contributed by atoms with Crippen LogP contribution in [-0.2, 0) is 9.53 Å². The lowest BCUT2D eigenvalue weighted by atomic mass is 10.1. The summed E-state index contributed by atoms with van der Waals surface area (Å²) in [6, 6.07) is 4.62. The molecule has 10 heteroatoms. The van der Waals surface area contributed by atoms with E-state index >= 15 is 0 Å². The Hall–Kier alpha value is -3.61. The highest BCUT2D eigenvalue weighted by molar-refractivity contribution is 6.02. The topological polar surface area (TPSA) is 108 Å². The van der Waals surface area contributed by atoms with Crippen molar-refractivity contribution in [3.8, 4) is 6.07 Å². The summed E-state index contributed by atoms with van der Waals surface area (Å²) in [6.07, 6.45) is 0.506. The molecular weight excluding hydrogens is 348 g/mol. The van der Waals surface area contributed by atoms with Gasteiger partial charge in [0.05, 0.1) is 6.61 Å².